The number of halogens is 2. The fourth-order valence-corrected chi connectivity index (χ4v) is 3.90. The SMILES string of the molecule is CS(=O)(=O)c1ccc(Cl)c(NC(=O)CN2CCCc3c(N)cccc32)c1.Cl. The Kier molecular flexibility index (Phi) is 6.62. The van der Waals surface area contributed by atoms with Gasteiger partial charge in [0.1, 0.15) is 0 Å². The highest BCUT2D eigenvalue weighted by molar-refractivity contribution is 7.90. The van der Waals surface area contributed by atoms with Crippen LogP contribution in [0.2, 0.25) is 5.02 Å². The molecule has 0 fully saturated rings. The van der Waals surface area contributed by atoms with Gasteiger partial charge in [-0.2, -0.15) is 0 Å². The molecule has 0 aromatic heterocycles. The lowest BCUT2D eigenvalue weighted by molar-refractivity contribution is -0.115. The van der Waals surface area contributed by atoms with E-state index in [9.17, 15) is 13.2 Å². The van der Waals surface area contributed by atoms with Gasteiger partial charge in [-0.3, -0.25) is 4.79 Å². The van der Waals surface area contributed by atoms with Crippen LogP contribution in [-0.2, 0) is 21.1 Å². The summed E-state index contributed by atoms with van der Waals surface area (Å²) in [5, 5.41) is 2.99. The fraction of sp³-hybridized carbons (Fsp3) is 0.278. The Morgan fingerprint density at radius 2 is 2.04 bits per heavy atom. The van der Waals surface area contributed by atoms with E-state index >= 15 is 0 Å². The van der Waals surface area contributed by atoms with Gasteiger partial charge in [-0.15, -0.1) is 12.4 Å². The standard InChI is InChI=1S/C18H20ClN3O3S.ClH/c1-26(24,25)12-7-8-14(19)16(10-12)21-18(23)11-22-9-3-4-13-15(20)5-2-6-17(13)22;/h2,5-8,10H,3-4,9,11,20H2,1H3,(H,21,23);1H. The second-order valence-corrected chi connectivity index (χ2v) is 8.75. The Hall–Kier alpha value is -1.96. The Bertz CT molecular complexity index is 964. The van der Waals surface area contributed by atoms with Gasteiger partial charge in [0.15, 0.2) is 9.84 Å². The minimum Gasteiger partial charge on any atom is -0.398 e. The number of nitrogens with one attached hydrogen (secondary N) is 1. The van der Waals surface area contributed by atoms with Gasteiger partial charge in [-0.25, -0.2) is 8.42 Å². The van der Waals surface area contributed by atoms with Gasteiger partial charge in [0.25, 0.3) is 0 Å². The molecule has 3 rings (SSSR count). The molecule has 2 aromatic carbocycles. The Labute approximate surface area is 170 Å². The number of hydrogen-bond acceptors (Lipinski definition) is 5. The molecule has 1 amide bonds. The van der Waals surface area contributed by atoms with Crippen LogP contribution in [-0.4, -0.2) is 33.7 Å². The molecule has 0 aliphatic carbocycles. The summed E-state index contributed by atoms with van der Waals surface area (Å²) < 4.78 is 23.4. The number of nitrogens with zero attached hydrogens (tertiary/aromatic N) is 1. The lowest BCUT2D eigenvalue weighted by Gasteiger charge is -2.31. The number of carbonyl (C=O) groups is 1. The van der Waals surface area contributed by atoms with Crippen LogP contribution in [0.3, 0.4) is 0 Å². The van der Waals surface area contributed by atoms with Crippen molar-refractivity contribution >= 4 is 56.8 Å². The van der Waals surface area contributed by atoms with Crippen molar-refractivity contribution in [3.63, 3.8) is 0 Å². The molecule has 0 saturated carbocycles. The summed E-state index contributed by atoms with van der Waals surface area (Å²) in [5.41, 5.74) is 9.07. The highest BCUT2D eigenvalue weighted by atomic mass is 35.5. The first-order valence-corrected chi connectivity index (χ1v) is 10.4. The molecule has 3 N–H and O–H groups in total. The number of amides is 1. The van der Waals surface area contributed by atoms with Crippen LogP contribution >= 0.6 is 24.0 Å². The average molecular weight is 430 g/mol. The topological polar surface area (TPSA) is 92.5 Å². The number of benzene rings is 2. The third kappa shape index (κ3) is 4.86. The monoisotopic (exact) mass is 429 g/mol. The lowest BCUT2D eigenvalue weighted by Crippen LogP contribution is -2.37. The van der Waals surface area contributed by atoms with Gasteiger partial charge in [-0.1, -0.05) is 17.7 Å². The van der Waals surface area contributed by atoms with E-state index in [0.717, 1.165) is 42.6 Å². The Morgan fingerprint density at radius 1 is 1.30 bits per heavy atom. The van der Waals surface area contributed by atoms with Crippen LogP contribution in [0.1, 0.15) is 12.0 Å². The van der Waals surface area contributed by atoms with E-state index in [1.54, 1.807) is 0 Å². The number of nitrogens with two attached hydrogens (primary N) is 1. The summed E-state index contributed by atoms with van der Waals surface area (Å²) in [7, 11) is -3.38. The summed E-state index contributed by atoms with van der Waals surface area (Å²) in [6, 6.07) is 9.93. The quantitative estimate of drug-likeness (QED) is 0.728. The van der Waals surface area contributed by atoms with Gasteiger partial charge >= 0.3 is 0 Å². The number of hydrogen-bond donors (Lipinski definition) is 2. The third-order valence-corrected chi connectivity index (χ3v) is 5.80. The Morgan fingerprint density at radius 3 is 2.74 bits per heavy atom. The molecule has 0 atom stereocenters. The van der Waals surface area contributed by atoms with Crippen molar-refractivity contribution in [2.45, 2.75) is 17.7 Å². The van der Waals surface area contributed by atoms with Crippen LogP contribution in [0.4, 0.5) is 17.1 Å². The summed E-state index contributed by atoms with van der Waals surface area (Å²) in [6.07, 6.45) is 2.91. The number of carbonyl (C=O) groups excluding carboxylic acids is 1. The predicted octanol–water partition coefficient (Wildman–Crippen LogP) is 3.14. The molecule has 2 aromatic rings. The van der Waals surface area contributed by atoms with Gasteiger partial charge in [0.05, 0.1) is 22.2 Å². The summed E-state index contributed by atoms with van der Waals surface area (Å²) >= 11 is 6.10. The van der Waals surface area contributed by atoms with Gasteiger partial charge in [0.2, 0.25) is 5.91 Å². The molecule has 0 spiro atoms. The smallest absolute Gasteiger partial charge is 0.243 e. The molecule has 0 saturated heterocycles. The number of anilines is 3. The molecule has 146 valence electrons. The highest BCUT2D eigenvalue weighted by Gasteiger charge is 2.21. The maximum absolute atomic E-state index is 12.5. The second-order valence-electron chi connectivity index (χ2n) is 6.33. The maximum Gasteiger partial charge on any atom is 0.243 e. The van der Waals surface area contributed by atoms with Crippen LogP contribution in [0.15, 0.2) is 41.3 Å². The highest BCUT2D eigenvalue weighted by Crippen LogP contribution is 2.31. The Balaban J connectivity index is 0.00000261. The first-order valence-electron chi connectivity index (χ1n) is 8.17. The molecule has 27 heavy (non-hydrogen) atoms. The van der Waals surface area contributed by atoms with E-state index in [1.165, 1.54) is 18.2 Å². The fourth-order valence-electron chi connectivity index (χ4n) is 3.09. The van der Waals surface area contributed by atoms with Gasteiger partial charge in [-0.05, 0) is 48.7 Å². The number of fused-ring (bicyclic) bond motifs is 1. The number of nitrogen functional groups attached to an aromatic ring is 1. The first kappa shape index (κ1) is 21.3. The van der Waals surface area contributed by atoms with E-state index in [-0.39, 0.29) is 40.5 Å². The molecule has 1 aliphatic heterocycles. The molecule has 1 heterocycles. The molecule has 0 radical (unpaired) electrons. The molecule has 9 heteroatoms. The summed E-state index contributed by atoms with van der Waals surface area (Å²) in [4.78, 5) is 14.6. The van der Waals surface area contributed by atoms with Crippen LogP contribution in [0.25, 0.3) is 0 Å². The van der Waals surface area contributed by atoms with Crippen LogP contribution in [0.5, 0.6) is 0 Å². The van der Waals surface area contributed by atoms with Crippen molar-refractivity contribution in [2.24, 2.45) is 0 Å². The average Bonchev–Trinajstić information content (AvgIpc) is 2.57. The predicted molar refractivity (Wildman–Crippen MR) is 112 cm³/mol. The van der Waals surface area contributed by atoms with Gasteiger partial charge < -0.3 is 16.0 Å². The van der Waals surface area contributed by atoms with E-state index in [0.29, 0.717) is 0 Å². The van der Waals surface area contributed by atoms with E-state index in [4.69, 9.17) is 17.3 Å². The van der Waals surface area contributed by atoms with Crippen LogP contribution in [0, 0.1) is 0 Å². The summed E-state index contributed by atoms with van der Waals surface area (Å²) in [5.74, 6) is -0.271. The zero-order chi connectivity index (χ0) is 18.9. The molecular formula is C18H21Cl2N3O3S. The molecule has 6 nitrogen and oxygen atoms in total. The van der Waals surface area contributed by atoms with Crippen LogP contribution < -0.4 is 16.0 Å². The molecule has 0 unspecified atom stereocenters. The van der Waals surface area contributed by atoms with E-state index in [1.807, 2.05) is 23.1 Å². The number of sulfone groups is 1. The minimum atomic E-state index is -3.38. The summed E-state index contributed by atoms with van der Waals surface area (Å²) in [6.45, 7) is 0.886. The molecular weight excluding hydrogens is 409 g/mol. The van der Waals surface area contributed by atoms with Gasteiger partial charge in [0, 0.05) is 24.2 Å². The van der Waals surface area contributed by atoms with Crippen molar-refractivity contribution in [1.29, 1.82) is 0 Å². The largest absolute Gasteiger partial charge is 0.398 e. The van der Waals surface area contributed by atoms with E-state index in [2.05, 4.69) is 5.32 Å². The third-order valence-electron chi connectivity index (χ3n) is 4.36. The molecule has 1 aliphatic rings. The zero-order valence-corrected chi connectivity index (χ0v) is 17.1. The zero-order valence-electron chi connectivity index (χ0n) is 14.7. The van der Waals surface area contributed by atoms with Crippen molar-refractivity contribution in [3.05, 3.63) is 47.0 Å². The van der Waals surface area contributed by atoms with Crippen molar-refractivity contribution in [2.75, 3.05) is 35.3 Å². The minimum absolute atomic E-state index is 0. The first-order chi connectivity index (χ1) is 12.3. The second kappa shape index (κ2) is 8.37. The van der Waals surface area contributed by atoms with E-state index < -0.39 is 9.84 Å². The van der Waals surface area contributed by atoms with Crippen molar-refractivity contribution in [3.8, 4) is 0 Å². The normalized spacial score (nSPS) is 13.5. The lowest BCUT2D eigenvalue weighted by atomic mass is 10.00. The van der Waals surface area contributed by atoms with Crippen molar-refractivity contribution < 1.29 is 13.2 Å². The molecule has 0 bridgehead atoms. The maximum atomic E-state index is 12.5. The number of rotatable bonds is 4. The van der Waals surface area contributed by atoms with Crippen molar-refractivity contribution in [1.82, 2.24) is 0 Å².